The fourth-order valence-corrected chi connectivity index (χ4v) is 4.11. The molecule has 3 aromatic rings. The molecule has 0 aliphatic heterocycles. The van der Waals surface area contributed by atoms with E-state index in [0.29, 0.717) is 30.6 Å². The number of methoxy groups -OCH3 is 1. The molecule has 0 fully saturated rings. The van der Waals surface area contributed by atoms with Crippen LogP contribution in [0.3, 0.4) is 0 Å². The molecule has 0 aliphatic rings. The molecule has 7 heteroatoms. The van der Waals surface area contributed by atoms with E-state index in [2.05, 4.69) is 0 Å². The number of nitrogens with two attached hydrogens (primary N) is 1. The van der Waals surface area contributed by atoms with Crippen molar-refractivity contribution >= 4 is 27.5 Å². The van der Waals surface area contributed by atoms with Gasteiger partial charge >= 0.3 is 0 Å². The quantitative estimate of drug-likeness (QED) is 0.677. The van der Waals surface area contributed by atoms with Crippen LogP contribution in [0.2, 0.25) is 0 Å². The summed E-state index contributed by atoms with van der Waals surface area (Å²) >= 11 is 1.54. The summed E-state index contributed by atoms with van der Waals surface area (Å²) in [6.07, 6.45) is 1.29. The Bertz CT molecular complexity index is 1040. The van der Waals surface area contributed by atoms with Gasteiger partial charge < -0.3 is 10.5 Å². The maximum absolute atomic E-state index is 13.1. The lowest BCUT2D eigenvalue weighted by molar-refractivity contribution is -0.118. The molecule has 2 N–H and O–H groups in total. The molecule has 2 heterocycles. The lowest BCUT2D eigenvalue weighted by Gasteiger charge is -2.13. The molecule has 1 amide bonds. The number of hydrogen-bond acceptors (Lipinski definition) is 5. The van der Waals surface area contributed by atoms with E-state index < -0.39 is 0 Å². The number of primary amides is 1. The van der Waals surface area contributed by atoms with Crippen molar-refractivity contribution in [3.63, 3.8) is 0 Å². The number of fused-ring (bicyclic) bond motifs is 1. The molecule has 6 nitrogen and oxygen atoms in total. The first-order valence-corrected chi connectivity index (χ1v) is 9.63. The minimum Gasteiger partial charge on any atom is -0.497 e. The first kappa shape index (κ1) is 19.1. The van der Waals surface area contributed by atoms with Gasteiger partial charge in [0.25, 0.3) is 5.56 Å². The Morgan fingerprint density at radius 1 is 1.26 bits per heavy atom. The van der Waals surface area contributed by atoms with Crippen LogP contribution in [0.15, 0.2) is 29.1 Å². The largest absolute Gasteiger partial charge is 0.497 e. The van der Waals surface area contributed by atoms with E-state index in [4.69, 9.17) is 15.5 Å². The van der Waals surface area contributed by atoms with Gasteiger partial charge in [-0.25, -0.2) is 4.98 Å². The van der Waals surface area contributed by atoms with Crippen molar-refractivity contribution in [3.8, 4) is 5.75 Å². The van der Waals surface area contributed by atoms with Crippen LogP contribution in [0.4, 0.5) is 0 Å². The number of nitrogens with zero attached hydrogens (tertiary/aromatic N) is 2. The number of rotatable bonds is 7. The third-order valence-corrected chi connectivity index (χ3v) is 5.80. The van der Waals surface area contributed by atoms with E-state index in [1.165, 1.54) is 0 Å². The molecule has 0 saturated heterocycles. The lowest BCUT2D eigenvalue weighted by atomic mass is 10.1. The number of aromatic nitrogens is 2. The second kappa shape index (κ2) is 7.92. The highest BCUT2D eigenvalue weighted by Crippen LogP contribution is 2.27. The fraction of sp³-hybridized carbons (Fsp3) is 0.350. The maximum atomic E-state index is 13.1. The molecule has 27 heavy (non-hydrogen) atoms. The van der Waals surface area contributed by atoms with Gasteiger partial charge in [-0.3, -0.25) is 14.2 Å². The van der Waals surface area contributed by atoms with Crippen LogP contribution in [0.5, 0.6) is 5.75 Å². The van der Waals surface area contributed by atoms with Crippen molar-refractivity contribution in [2.24, 2.45) is 5.73 Å². The van der Waals surface area contributed by atoms with Crippen molar-refractivity contribution in [1.82, 2.24) is 9.55 Å². The zero-order valence-corrected chi connectivity index (χ0v) is 16.6. The summed E-state index contributed by atoms with van der Waals surface area (Å²) in [5, 5.41) is 0.676. The van der Waals surface area contributed by atoms with Gasteiger partial charge in [0.05, 0.1) is 12.5 Å². The number of hydrogen-bond donors (Lipinski definition) is 1. The average molecular weight is 385 g/mol. The minimum absolute atomic E-state index is 0.0465. The van der Waals surface area contributed by atoms with Gasteiger partial charge in [-0.2, -0.15) is 0 Å². The normalized spacial score (nSPS) is 11.1. The van der Waals surface area contributed by atoms with Crippen LogP contribution in [0.1, 0.15) is 34.7 Å². The van der Waals surface area contributed by atoms with Gasteiger partial charge in [0, 0.05) is 24.3 Å². The van der Waals surface area contributed by atoms with Crippen molar-refractivity contribution < 1.29 is 9.53 Å². The Morgan fingerprint density at radius 3 is 2.59 bits per heavy atom. The summed E-state index contributed by atoms with van der Waals surface area (Å²) in [7, 11) is 1.63. The van der Waals surface area contributed by atoms with Gasteiger partial charge in [0.2, 0.25) is 5.91 Å². The van der Waals surface area contributed by atoms with Crippen molar-refractivity contribution in [2.45, 2.75) is 39.7 Å². The first-order chi connectivity index (χ1) is 12.9. The number of amides is 1. The van der Waals surface area contributed by atoms with Gasteiger partial charge in [0.15, 0.2) is 0 Å². The Balaban J connectivity index is 2.04. The molecule has 1 aromatic carbocycles. The van der Waals surface area contributed by atoms with E-state index in [0.717, 1.165) is 26.6 Å². The molecule has 0 aliphatic carbocycles. The third-order valence-electron chi connectivity index (χ3n) is 4.69. The monoisotopic (exact) mass is 385 g/mol. The van der Waals surface area contributed by atoms with Crippen molar-refractivity contribution in [1.29, 1.82) is 0 Å². The van der Waals surface area contributed by atoms with Gasteiger partial charge in [-0.05, 0) is 43.5 Å². The van der Waals surface area contributed by atoms with E-state index in [-0.39, 0.29) is 17.9 Å². The van der Waals surface area contributed by atoms with E-state index in [9.17, 15) is 9.59 Å². The maximum Gasteiger partial charge on any atom is 0.262 e. The number of carbonyl (C=O) groups excluding carboxylic acids is 1. The zero-order valence-electron chi connectivity index (χ0n) is 15.7. The van der Waals surface area contributed by atoms with Gasteiger partial charge in [-0.15, -0.1) is 11.3 Å². The molecular formula is C20H23N3O3S. The third kappa shape index (κ3) is 4.03. The Morgan fingerprint density at radius 2 is 1.96 bits per heavy atom. The van der Waals surface area contributed by atoms with Crippen LogP contribution in [0, 0.1) is 13.8 Å². The number of carbonyl (C=O) groups is 1. The highest BCUT2D eigenvalue weighted by Gasteiger charge is 2.17. The Kier molecular flexibility index (Phi) is 5.60. The molecule has 0 atom stereocenters. The van der Waals surface area contributed by atoms with Gasteiger partial charge in [0.1, 0.15) is 16.4 Å². The summed E-state index contributed by atoms with van der Waals surface area (Å²) in [6.45, 7) is 4.38. The second-order valence-corrected chi connectivity index (χ2v) is 7.75. The number of aryl methyl sites for hydroxylation is 2. The van der Waals surface area contributed by atoms with Crippen LogP contribution in [-0.4, -0.2) is 22.6 Å². The lowest BCUT2D eigenvalue weighted by Crippen LogP contribution is -2.26. The molecule has 3 rings (SSSR count). The van der Waals surface area contributed by atoms with Crippen molar-refractivity contribution in [2.75, 3.05) is 7.11 Å². The summed E-state index contributed by atoms with van der Waals surface area (Å²) in [5.74, 6) is 1.12. The molecule has 2 aromatic heterocycles. The van der Waals surface area contributed by atoms with Crippen molar-refractivity contribution in [3.05, 3.63) is 56.4 Å². The predicted molar refractivity (Wildman–Crippen MR) is 108 cm³/mol. The fourth-order valence-electron chi connectivity index (χ4n) is 3.07. The van der Waals surface area contributed by atoms with E-state index in [1.54, 1.807) is 23.0 Å². The highest BCUT2D eigenvalue weighted by molar-refractivity contribution is 7.18. The smallest absolute Gasteiger partial charge is 0.262 e. The summed E-state index contributed by atoms with van der Waals surface area (Å²) in [6, 6.07) is 7.72. The minimum atomic E-state index is -0.364. The van der Waals surface area contributed by atoms with E-state index in [1.807, 2.05) is 38.1 Å². The van der Waals surface area contributed by atoms with Crippen LogP contribution in [0.25, 0.3) is 10.2 Å². The predicted octanol–water partition coefficient (Wildman–Crippen LogP) is 2.94. The molecule has 0 unspecified atom stereocenters. The Hall–Kier alpha value is -2.67. The van der Waals surface area contributed by atoms with E-state index >= 15 is 0 Å². The summed E-state index contributed by atoms with van der Waals surface area (Å²) in [4.78, 5) is 30.9. The Labute approximate surface area is 161 Å². The topological polar surface area (TPSA) is 87.2 Å². The van der Waals surface area contributed by atoms with Crippen LogP contribution >= 0.6 is 11.3 Å². The molecule has 0 spiro atoms. The summed E-state index contributed by atoms with van der Waals surface area (Å²) < 4.78 is 6.89. The van der Waals surface area contributed by atoms with Crippen LogP contribution in [-0.2, 0) is 17.8 Å². The molecule has 0 radical (unpaired) electrons. The number of ether oxygens (including phenoxy) is 1. The average Bonchev–Trinajstić information content (AvgIpc) is 2.92. The zero-order chi connectivity index (χ0) is 19.6. The summed E-state index contributed by atoms with van der Waals surface area (Å²) in [5.41, 5.74) is 7.22. The molecule has 142 valence electrons. The van der Waals surface area contributed by atoms with Crippen LogP contribution < -0.4 is 16.0 Å². The highest BCUT2D eigenvalue weighted by atomic mass is 32.1. The van der Waals surface area contributed by atoms with Gasteiger partial charge in [-0.1, -0.05) is 12.1 Å². The molecular weight excluding hydrogens is 362 g/mol. The molecule has 0 bridgehead atoms. The molecule has 0 saturated carbocycles. The standard InChI is InChI=1S/C20H23N3O3S/c1-12-13(2)27-19-18(12)20(25)23(10-4-5-16(21)24)17(22-19)11-14-6-8-15(26-3)9-7-14/h6-9H,4-5,10-11H2,1-3H3,(H2,21,24). The SMILES string of the molecule is COc1ccc(Cc2nc3sc(C)c(C)c3c(=O)n2CCCC(N)=O)cc1. The number of thiophene rings is 1. The second-order valence-electron chi connectivity index (χ2n) is 6.54. The first-order valence-electron chi connectivity index (χ1n) is 8.81. The number of benzene rings is 1.